The van der Waals surface area contributed by atoms with Gasteiger partial charge in [0, 0.05) is 54.4 Å². The lowest BCUT2D eigenvalue weighted by Crippen LogP contribution is -2.30. The normalized spacial score (nSPS) is 10.8. The number of pyridine rings is 1. The van der Waals surface area contributed by atoms with Crippen molar-refractivity contribution in [1.29, 1.82) is 0 Å². The highest BCUT2D eigenvalue weighted by atomic mass is 16.6. The molecule has 0 radical (unpaired) electrons. The number of nitro benzene ring substituents is 1. The lowest BCUT2D eigenvalue weighted by atomic mass is 10.0. The van der Waals surface area contributed by atoms with Gasteiger partial charge in [-0.25, -0.2) is 10.4 Å². The first-order chi connectivity index (χ1) is 22.8. The minimum absolute atomic E-state index is 0.0576. The molecule has 1 heterocycles. The third-order valence-electron chi connectivity index (χ3n) is 7.54. The van der Waals surface area contributed by atoms with Crippen molar-refractivity contribution in [3.05, 3.63) is 88.0 Å². The summed E-state index contributed by atoms with van der Waals surface area (Å²) in [5.41, 5.74) is 9.09. The Morgan fingerprint density at radius 3 is 2.23 bits per heavy atom. The highest BCUT2D eigenvalue weighted by molar-refractivity contribution is 6.16. The largest absolute Gasteiger partial charge is 0.469 e. The third kappa shape index (κ3) is 9.78. The second-order valence-electron chi connectivity index (χ2n) is 10.9. The predicted molar refractivity (Wildman–Crippen MR) is 178 cm³/mol. The number of benzene rings is 3. The lowest BCUT2D eigenvalue weighted by molar-refractivity contribution is -0.384. The maximum atomic E-state index is 13.1. The van der Waals surface area contributed by atoms with E-state index in [-0.39, 0.29) is 36.0 Å². The van der Waals surface area contributed by atoms with Gasteiger partial charge in [-0.2, -0.15) is 0 Å². The summed E-state index contributed by atoms with van der Waals surface area (Å²) in [4.78, 5) is 64.1. The number of esters is 1. The monoisotopic (exact) mass is 642 g/mol. The number of aromatic nitrogens is 1. The van der Waals surface area contributed by atoms with Gasteiger partial charge in [0.15, 0.2) is 0 Å². The Bertz CT molecular complexity index is 1740. The molecular formula is C34H38N6O7. The number of fused-ring (bicyclic) bond motifs is 2. The molecule has 246 valence electrons. The molecule has 0 fully saturated rings. The van der Waals surface area contributed by atoms with Crippen molar-refractivity contribution in [3.8, 4) is 0 Å². The van der Waals surface area contributed by atoms with Crippen LogP contribution < -0.4 is 21.5 Å². The topological polar surface area (TPSA) is 182 Å². The van der Waals surface area contributed by atoms with Crippen LogP contribution in [-0.4, -0.2) is 53.8 Å². The van der Waals surface area contributed by atoms with Crippen LogP contribution in [0.5, 0.6) is 0 Å². The Kier molecular flexibility index (Phi) is 12.7. The molecule has 4 rings (SSSR count). The number of imide groups is 1. The Labute approximate surface area is 271 Å². The van der Waals surface area contributed by atoms with Crippen molar-refractivity contribution in [3.63, 3.8) is 0 Å². The fourth-order valence-corrected chi connectivity index (χ4v) is 5.03. The molecule has 47 heavy (non-hydrogen) atoms. The van der Waals surface area contributed by atoms with Gasteiger partial charge in [0.25, 0.3) is 17.5 Å². The van der Waals surface area contributed by atoms with Crippen molar-refractivity contribution in [2.45, 2.75) is 51.4 Å². The van der Waals surface area contributed by atoms with E-state index in [0.29, 0.717) is 42.5 Å². The SMILES string of the molecule is COC(=O)CCCCC(=O)NC(=O)c1cccc2c(NNCCCCCCNC(=O)c3ccc([N+](=O)[O-])cc3)c3ccccc3nc12. The van der Waals surface area contributed by atoms with Crippen molar-refractivity contribution in [2.75, 3.05) is 25.6 Å². The molecule has 0 aliphatic rings. The highest BCUT2D eigenvalue weighted by Gasteiger charge is 2.18. The molecule has 13 heteroatoms. The van der Waals surface area contributed by atoms with Gasteiger partial charge < -0.3 is 15.5 Å². The molecule has 0 aliphatic carbocycles. The van der Waals surface area contributed by atoms with E-state index in [1.807, 2.05) is 30.3 Å². The number of anilines is 1. The van der Waals surface area contributed by atoms with Gasteiger partial charge >= 0.3 is 5.97 Å². The molecule has 4 aromatic rings. The molecular weight excluding hydrogens is 604 g/mol. The maximum Gasteiger partial charge on any atom is 0.305 e. The third-order valence-corrected chi connectivity index (χ3v) is 7.54. The number of unbranched alkanes of at least 4 members (excludes halogenated alkanes) is 4. The van der Waals surface area contributed by atoms with Gasteiger partial charge in [0.2, 0.25) is 5.91 Å². The molecule has 0 saturated heterocycles. The quantitative estimate of drug-likeness (QED) is 0.0393. The maximum absolute atomic E-state index is 13.1. The van der Waals surface area contributed by atoms with Gasteiger partial charge in [-0.05, 0) is 49.9 Å². The average molecular weight is 643 g/mol. The lowest BCUT2D eigenvalue weighted by Gasteiger charge is -2.15. The Hall–Kier alpha value is -5.43. The first-order valence-corrected chi connectivity index (χ1v) is 15.5. The van der Waals surface area contributed by atoms with Crippen LogP contribution in [0.15, 0.2) is 66.7 Å². The Morgan fingerprint density at radius 2 is 1.49 bits per heavy atom. The summed E-state index contributed by atoms with van der Waals surface area (Å²) in [6, 6.07) is 18.4. The van der Waals surface area contributed by atoms with Crippen molar-refractivity contribution < 1.29 is 28.8 Å². The van der Waals surface area contributed by atoms with Crippen molar-refractivity contribution >= 4 is 56.9 Å². The molecule has 0 bridgehead atoms. The number of hydrogen-bond donors (Lipinski definition) is 4. The number of nitrogens with zero attached hydrogens (tertiary/aromatic N) is 2. The molecule has 3 aromatic carbocycles. The van der Waals surface area contributed by atoms with Crippen LogP contribution in [0.2, 0.25) is 0 Å². The molecule has 0 atom stereocenters. The first kappa shape index (κ1) is 34.4. The number of methoxy groups -OCH3 is 1. The van der Waals surface area contributed by atoms with Gasteiger partial charge in [-0.3, -0.25) is 34.6 Å². The fourth-order valence-electron chi connectivity index (χ4n) is 5.03. The van der Waals surface area contributed by atoms with E-state index in [1.54, 1.807) is 12.1 Å². The van der Waals surface area contributed by atoms with Gasteiger partial charge in [-0.1, -0.05) is 43.2 Å². The summed E-state index contributed by atoms with van der Waals surface area (Å²) >= 11 is 0. The van der Waals surface area contributed by atoms with Crippen LogP contribution in [0.1, 0.15) is 72.1 Å². The van der Waals surface area contributed by atoms with Crippen LogP contribution in [0.3, 0.4) is 0 Å². The molecule has 3 amide bonds. The smallest absolute Gasteiger partial charge is 0.305 e. The van der Waals surface area contributed by atoms with Crippen LogP contribution in [0.4, 0.5) is 11.4 Å². The number of non-ortho nitro benzene ring substituents is 1. The number of carbonyl (C=O) groups is 4. The minimum atomic E-state index is -0.542. The molecule has 4 N–H and O–H groups in total. The van der Waals surface area contributed by atoms with E-state index in [2.05, 4.69) is 26.2 Å². The summed E-state index contributed by atoms with van der Waals surface area (Å²) in [6.45, 7) is 1.17. The van der Waals surface area contributed by atoms with E-state index in [9.17, 15) is 29.3 Å². The second kappa shape index (κ2) is 17.3. The number of hydrazine groups is 1. The van der Waals surface area contributed by atoms with Gasteiger partial charge in [0.1, 0.15) is 0 Å². The zero-order chi connectivity index (χ0) is 33.6. The number of para-hydroxylation sites is 2. The van der Waals surface area contributed by atoms with Crippen molar-refractivity contribution in [1.82, 2.24) is 21.0 Å². The molecule has 1 aromatic heterocycles. The number of rotatable bonds is 17. The van der Waals surface area contributed by atoms with E-state index >= 15 is 0 Å². The zero-order valence-electron chi connectivity index (χ0n) is 26.2. The van der Waals surface area contributed by atoms with E-state index in [4.69, 9.17) is 4.98 Å². The molecule has 0 spiro atoms. The Morgan fingerprint density at radius 1 is 0.787 bits per heavy atom. The van der Waals surface area contributed by atoms with Crippen LogP contribution in [0.25, 0.3) is 21.8 Å². The summed E-state index contributed by atoms with van der Waals surface area (Å²) < 4.78 is 4.61. The highest BCUT2D eigenvalue weighted by Crippen LogP contribution is 2.32. The van der Waals surface area contributed by atoms with Crippen LogP contribution in [0, 0.1) is 10.1 Å². The van der Waals surface area contributed by atoms with E-state index < -0.39 is 16.7 Å². The van der Waals surface area contributed by atoms with Crippen LogP contribution in [-0.2, 0) is 14.3 Å². The first-order valence-electron chi connectivity index (χ1n) is 15.5. The number of hydrogen-bond acceptors (Lipinski definition) is 10. The molecule has 0 unspecified atom stereocenters. The van der Waals surface area contributed by atoms with Crippen LogP contribution >= 0.6 is 0 Å². The Balaban J connectivity index is 1.27. The number of nitro groups is 1. The molecule has 13 nitrogen and oxygen atoms in total. The number of ether oxygens (including phenoxy) is 1. The average Bonchev–Trinajstić information content (AvgIpc) is 3.08. The molecule has 0 aliphatic heterocycles. The second-order valence-corrected chi connectivity index (χ2v) is 10.9. The standard InChI is InChI=1S/C34H38N6O7/c1-47-30(42)16-7-6-15-29(41)38-34(44)27-13-10-12-26-31(27)37-28-14-5-4-11-25(28)32(26)39-36-22-9-3-2-8-21-35-33(43)23-17-19-24(20-18-23)40(45)46/h4-5,10-14,17-20,36H,2-3,6-9,15-16,21-22H2,1H3,(H,35,43)(H,37,39)(H,38,41,44). The summed E-state index contributed by atoms with van der Waals surface area (Å²) in [5.74, 6) is -1.57. The molecule has 0 saturated carbocycles. The summed E-state index contributed by atoms with van der Waals surface area (Å²) in [6.07, 6.45) is 4.78. The van der Waals surface area contributed by atoms with Crippen molar-refractivity contribution in [2.24, 2.45) is 0 Å². The number of nitrogens with one attached hydrogen (secondary N) is 4. The van der Waals surface area contributed by atoms with Gasteiger partial charge in [0.05, 0.1) is 34.3 Å². The number of amides is 3. The van der Waals surface area contributed by atoms with Gasteiger partial charge in [-0.15, -0.1) is 0 Å². The number of carbonyl (C=O) groups excluding carboxylic acids is 4. The zero-order valence-corrected chi connectivity index (χ0v) is 26.2. The predicted octanol–water partition coefficient (Wildman–Crippen LogP) is 5.19. The minimum Gasteiger partial charge on any atom is -0.469 e. The van der Waals surface area contributed by atoms with E-state index in [0.717, 1.165) is 42.1 Å². The summed E-state index contributed by atoms with van der Waals surface area (Å²) in [7, 11) is 1.32. The fraction of sp³-hybridized carbons (Fsp3) is 0.324. The van der Waals surface area contributed by atoms with E-state index in [1.165, 1.54) is 31.4 Å². The summed E-state index contributed by atoms with van der Waals surface area (Å²) in [5, 5.41) is 17.6.